The first-order valence-corrected chi connectivity index (χ1v) is 10.5. The number of nitrogens with zero attached hydrogens (tertiary/aromatic N) is 1. The minimum atomic E-state index is 0.873. The normalized spacial score (nSPS) is 10.7. The summed E-state index contributed by atoms with van der Waals surface area (Å²) >= 11 is 0. The number of nitrogens with two attached hydrogens (primary N) is 1. The molecule has 0 fully saturated rings. The molecule has 23 heavy (non-hydrogen) atoms. The summed E-state index contributed by atoms with van der Waals surface area (Å²) in [5, 5.41) is 0. The Morgan fingerprint density at radius 3 is 1.09 bits per heavy atom. The number of unbranched alkanes of at least 4 members (excludes halogenated alkanes) is 13. The Hall–Kier alpha value is -0.0800. The molecule has 0 aromatic heterocycles. The van der Waals surface area contributed by atoms with Gasteiger partial charge in [0, 0.05) is 0 Å². The van der Waals surface area contributed by atoms with Gasteiger partial charge in [-0.25, -0.2) is 0 Å². The van der Waals surface area contributed by atoms with Gasteiger partial charge in [-0.15, -0.1) is 0 Å². The molecule has 0 aromatic rings. The molecule has 0 amide bonds. The molecule has 0 heterocycles. The van der Waals surface area contributed by atoms with E-state index in [1.165, 1.54) is 103 Å². The van der Waals surface area contributed by atoms with Crippen molar-refractivity contribution in [2.24, 2.45) is 5.73 Å². The second-order valence-electron chi connectivity index (χ2n) is 7.19. The van der Waals surface area contributed by atoms with Gasteiger partial charge in [0.15, 0.2) is 0 Å². The Kier molecular flexibility index (Phi) is 26.5. The van der Waals surface area contributed by atoms with Gasteiger partial charge in [-0.3, -0.25) is 0 Å². The first-order chi connectivity index (χ1) is 11.2. The van der Waals surface area contributed by atoms with Gasteiger partial charge in [0.1, 0.15) is 0 Å². The standard InChI is InChI=1S/C16H35N.C5H13N/c1-2-3-4-5-6-7-8-9-10-11-12-13-14-15-16-17;1-4-5-6(2)3/h2-17H2,1H3;4-5H2,1-3H3. The van der Waals surface area contributed by atoms with E-state index in [1.807, 2.05) is 0 Å². The van der Waals surface area contributed by atoms with Crippen molar-refractivity contribution < 1.29 is 0 Å². The molecule has 0 rings (SSSR count). The van der Waals surface area contributed by atoms with E-state index in [9.17, 15) is 0 Å². The van der Waals surface area contributed by atoms with Crippen LogP contribution in [0.4, 0.5) is 0 Å². The molecular formula is C21H48N2. The van der Waals surface area contributed by atoms with Gasteiger partial charge in [-0.05, 0) is 40.0 Å². The van der Waals surface area contributed by atoms with E-state index in [0.29, 0.717) is 0 Å². The highest BCUT2D eigenvalue weighted by Crippen LogP contribution is 2.12. The number of hydrogen-bond donors (Lipinski definition) is 1. The van der Waals surface area contributed by atoms with Crippen LogP contribution < -0.4 is 5.73 Å². The topological polar surface area (TPSA) is 29.3 Å². The third-order valence-electron chi connectivity index (χ3n) is 4.23. The zero-order valence-electron chi connectivity index (χ0n) is 17.0. The molecule has 0 atom stereocenters. The van der Waals surface area contributed by atoms with E-state index in [1.54, 1.807) is 0 Å². The van der Waals surface area contributed by atoms with Crippen LogP contribution in [0.1, 0.15) is 110 Å². The SMILES string of the molecule is CCCCCCCCCCCCCCCCN.CCCN(C)C. The zero-order chi connectivity index (χ0) is 17.6. The minimum absolute atomic E-state index is 0.873. The van der Waals surface area contributed by atoms with Crippen LogP contribution in [0.15, 0.2) is 0 Å². The Morgan fingerprint density at radius 1 is 0.522 bits per heavy atom. The number of hydrogen-bond acceptors (Lipinski definition) is 2. The summed E-state index contributed by atoms with van der Waals surface area (Å²) in [5.74, 6) is 0. The van der Waals surface area contributed by atoms with Crippen molar-refractivity contribution in [3.63, 3.8) is 0 Å². The lowest BCUT2D eigenvalue weighted by Crippen LogP contribution is -2.11. The van der Waals surface area contributed by atoms with E-state index in [2.05, 4.69) is 32.8 Å². The van der Waals surface area contributed by atoms with Crippen LogP contribution >= 0.6 is 0 Å². The van der Waals surface area contributed by atoms with Crippen LogP contribution in [0, 0.1) is 0 Å². The first kappa shape index (κ1) is 25.2. The van der Waals surface area contributed by atoms with E-state index < -0.39 is 0 Å². The highest BCUT2D eigenvalue weighted by molar-refractivity contribution is 4.49. The van der Waals surface area contributed by atoms with E-state index in [4.69, 9.17) is 5.73 Å². The monoisotopic (exact) mass is 328 g/mol. The Morgan fingerprint density at radius 2 is 0.870 bits per heavy atom. The predicted molar refractivity (Wildman–Crippen MR) is 108 cm³/mol. The summed E-state index contributed by atoms with van der Waals surface area (Å²) in [6.07, 6.45) is 21.1. The summed E-state index contributed by atoms with van der Waals surface area (Å²) in [7, 11) is 4.17. The lowest BCUT2D eigenvalue weighted by molar-refractivity contribution is 0.408. The molecule has 0 aliphatic carbocycles. The highest BCUT2D eigenvalue weighted by atomic mass is 15.0. The molecule has 2 heteroatoms. The van der Waals surface area contributed by atoms with Crippen molar-refractivity contribution in [3.8, 4) is 0 Å². The van der Waals surface area contributed by atoms with Crippen LogP contribution in [0.5, 0.6) is 0 Å². The second kappa shape index (κ2) is 24.2. The van der Waals surface area contributed by atoms with Gasteiger partial charge >= 0.3 is 0 Å². The van der Waals surface area contributed by atoms with Crippen LogP contribution in [-0.2, 0) is 0 Å². The van der Waals surface area contributed by atoms with Gasteiger partial charge in [0.05, 0.1) is 0 Å². The summed E-state index contributed by atoms with van der Waals surface area (Å²) in [5.41, 5.74) is 5.47. The van der Waals surface area contributed by atoms with Crippen LogP contribution in [0.25, 0.3) is 0 Å². The van der Waals surface area contributed by atoms with Crippen LogP contribution in [0.2, 0.25) is 0 Å². The van der Waals surface area contributed by atoms with Gasteiger partial charge in [-0.1, -0.05) is 97.3 Å². The molecule has 0 aliphatic heterocycles. The summed E-state index contributed by atoms with van der Waals surface area (Å²) in [6, 6.07) is 0. The Balaban J connectivity index is 0. The van der Waals surface area contributed by atoms with E-state index >= 15 is 0 Å². The van der Waals surface area contributed by atoms with Crippen molar-refractivity contribution in [1.82, 2.24) is 4.90 Å². The summed E-state index contributed by atoms with van der Waals surface area (Å²) in [6.45, 7) is 6.55. The maximum Gasteiger partial charge on any atom is -0.00275 e. The lowest BCUT2D eigenvalue weighted by atomic mass is 10.0. The Labute approximate surface area is 148 Å². The van der Waals surface area contributed by atoms with Gasteiger partial charge < -0.3 is 10.6 Å². The fourth-order valence-electron chi connectivity index (χ4n) is 2.79. The van der Waals surface area contributed by atoms with Gasteiger partial charge in [-0.2, -0.15) is 0 Å². The number of rotatable bonds is 16. The maximum absolute atomic E-state index is 5.47. The Bertz CT molecular complexity index is 167. The van der Waals surface area contributed by atoms with E-state index in [-0.39, 0.29) is 0 Å². The molecule has 0 aromatic carbocycles. The summed E-state index contributed by atoms with van der Waals surface area (Å²) in [4.78, 5) is 2.18. The molecule has 142 valence electrons. The quantitative estimate of drug-likeness (QED) is 0.333. The molecule has 2 nitrogen and oxygen atoms in total. The fraction of sp³-hybridized carbons (Fsp3) is 1.00. The largest absolute Gasteiger partial charge is 0.330 e. The second-order valence-corrected chi connectivity index (χ2v) is 7.19. The molecule has 0 saturated heterocycles. The average Bonchev–Trinajstić information content (AvgIpc) is 2.52. The molecule has 0 unspecified atom stereocenters. The molecule has 2 N–H and O–H groups in total. The third-order valence-corrected chi connectivity index (χ3v) is 4.23. The van der Waals surface area contributed by atoms with Gasteiger partial charge in [0.2, 0.25) is 0 Å². The van der Waals surface area contributed by atoms with E-state index in [0.717, 1.165) is 6.54 Å². The fourth-order valence-corrected chi connectivity index (χ4v) is 2.79. The molecule has 0 spiro atoms. The zero-order valence-corrected chi connectivity index (χ0v) is 17.0. The summed E-state index contributed by atoms with van der Waals surface area (Å²) < 4.78 is 0. The predicted octanol–water partition coefficient (Wildman–Crippen LogP) is 6.38. The van der Waals surface area contributed by atoms with Crippen LogP contribution in [0.3, 0.4) is 0 Å². The van der Waals surface area contributed by atoms with Crippen molar-refractivity contribution in [1.29, 1.82) is 0 Å². The van der Waals surface area contributed by atoms with Crippen molar-refractivity contribution in [2.45, 2.75) is 110 Å². The molecule has 0 bridgehead atoms. The third kappa shape index (κ3) is 30.4. The average molecular weight is 329 g/mol. The maximum atomic E-state index is 5.47. The van der Waals surface area contributed by atoms with Gasteiger partial charge in [0.25, 0.3) is 0 Å². The molecule has 0 saturated carbocycles. The van der Waals surface area contributed by atoms with Crippen molar-refractivity contribution in [3.05, 3.63) is 0 Å². The van der Waals surface area contributed by atoms with Crippen molar-refractivity contribution >= 4 is 0 Å². The van der Waals surface area contributed by atoms with Crippen LogP contribution in [-0.4, -0.2) is 32.1 Å². The smallest absolute Gasteiger partial charge is 0.00275 e. The first-order valence-electron chi connectivity index (χ1n) is 10.5. The minimum Gasteiger partial charge on any atom is -0.330 e. The highest BCUT2D eigenvalue weighted by Gasteiger charge is 1.93. The molecular weight excluding hydrogens is 280 g/mol. The molecule has 0 radical (unpaired) electrons. The molecule has 0 aliphatic rings. The van der Waals surface area contributed by atoms with Crippen molar-refractivity contribution in [2.75, 3.05) is 27.2 Å². The lowest BCUT2D eigenvalue weighted by Gasteiger charge is -2.03.